The van der Waals surface area contributed by atoms with E-state index in [-0.39, 0.29) is 6.54 Å². The van der Waals surface area contributed by atoms with Gasteiger partial charge in [0.2, 0.25) is 0 Å². The van der Waals surface area contributed by atoms with E-state index in [1.165, 1.54) is 6.07 Å². The molecule has 0 saturated carbocycles. The number of alkyl halides is 3. The Morgan fingerprint density at radius 1 is 1.37 bits per heavy atom. The van der Waals surface area contributed by atoms with E-state index in [4.69, 9.17) is 5.73 Å². The van der Waals surface area contributed by atoms with Gasteiger partial charge in [-0.3, -0.25) is 0 Å². The molecule has 108 valence electrons. The lowest BCUT2D eigenvalue weighted by molar-refractivity contribution is -0.141. The van der Waals surface area contributed by atoms with Crippen molar-refractivity contribution in [3.63, 3.8) is 0 Å². The molecule has 1 aromatic heterocycles. The normalized spacial score (nSPS) is 13.4. The summed E-state index contributed by atoms with van der Waals surface area (Å²) < 4.78 is 38.1. The number of pyridine rings is 1. The molecule has 19 heavy (non-hydrogen) atoms. The summed E-state index contributed by atoms with van der Waals surface area (Å²) in [6.45, 7) is 4.91. The van der Waals surface area contributed by atoms with Gasteiger partial charge in [-0.15, -0.1) is 0 Å². The molecular weight excluding hydrogens is 255 g/mol. The van der Waals surface area contributed by atoms with Gasteiger partial charge in [0.15, 0.2) is 0 Å². The van der Waals surface area contributed by atoms with Crippen LogP contribution in [-0.2, 0) is 12.7 Å². The maximum atomic E-state index is 12.7. The van der Waals surface area contributed by atoms with Gasteiger partial charge < -0.3 is 10.6 Å². The van der Waals surface area contributed by atoms with E-state index < -0.39 is 11.9 Å². The summed E-state index contributed by atoms with van der Waals surface area (Å²) in [7, 11) is 1.74. The molecule has 1 aromatic rings. The average molecular weight is 275 g/mol. The maximum absolute atomic E-state index is 12.7. The highest BCUT2D eigenvalue weighted by atomic mass is 19.4. The van der Waals surface area contributed by atoms with Crippen LogP contribution in [0.4, 0.5) is 19.0 Å². The minimum atomic E-state index is -4.43. The summed E-state index contributed by atoms with van der Waals surface area (Å²) in [4.78, 5) is 5.46. The van der Waals surface area contributed by atoms with E-state index >= 15 is 0 Å². The molecule has 1 rings (SSSR count). The number of hydrogen-bond acceptors (Lipinski definition) is 3. The molecule has 0 bridgehead atoms. The predicted molar refractivity (Wildman–Crippen MR) is 69.9 cm³/mol. The lowest BCUT2D eigenvalue weighted by Crippen LogP contribution is -2.27. The molecule has 6 heteroatoms. The van der Waals surface area contributed by atoms with Gasteiger partial charge in [0, 0.05) is 25.7 Å². The SMILES string of the molecule is CCC(C)CN(C)c1nc(C(F)(F)F)ccc1CN. The Bertz CT molecular complexity index is 418. The second kappa shape index (κ2) is 6.23. The number of hydrogen-bond donors (Lipinski definition) is 1. The first-order valence-corrected chi connectivity index (χ1v) is 6.27. The number of rotatable bonds is 5. The standard InChI is InChI=1S/C13H20F3N3/c1-4-9(2)8-19(3)12-10(7-17)5-6-11(18-12)13(14,15)16/h5-6,9H,4,7-8,17H2,1-3H3. The van der Waals surface area contributed by atoms with Crippen molar-refractivity contribution in [2.24, 2.45) is 11.7 Å². The second-order valence-corrected chi connectivity index (χ2v) is 4.78. The van der Waals surface area contributed by atoms with E-state index in [1.807, 2.05) is 13.8 Å². The molecule has 2 N–H and O–H groups in total. The quantitative estimate of drug-likeness (QED) is 0.898. The Morgan fingerprint density at radius 3 is 2.47 bits per heavy atom. The summed E-state index contributed by atoms with van der Waals surface area (Å²) in [6.07, 6.45) is -3.47. The number of anilines is 1. The summed E-state index contributed by atoms with van der Waals surface area (Å²) in [5.74, 6) is 0.699. The third-order valence-corrected chi connectivity index (χ3v) is 3.11. The van der Waals surface area contributed by atoms with E-state index in [2.05, 4.69) is 4.98 Å². The Kier molecular flexibility index (Phi) is 5.17. The molecule has 1 atom stereocenters. The van der Waals surface area contributed by atoms with Gasteiger partial charge in [0.25, 0.3) is 0 Å². The first-order chi connectivity index (χ1) is 8.79. The number of nitrogens with two attached hydrogens (primary N) is 1. The molecule has 0 radical (unpaired) electrons. The van der Waals surface area contributed by atoms with Gasteiger partial charge in [0.05, 0.1) is 0 Å². The number of nitrogens with zero attached hydrogens (tertiary/aromatic N) is 2. The summed E-state index contributed by atoms with van der Waals surface area (Å²) >= 11 is 0. The van der Waals surface area contributed by atoms with Crippen LogP contribution in [0.2, 0.25) is 0 Å². The molecule has 0 amide bonds. The van der Waals surface area contributed by atoms with Crippen LogP contribution < -0.4 is 10.6 Å². The number of aromatic nitrogens is 1. The highest BCUT2D eigenvalue weighted by molar-refractivity contribution is 5.47. The topological polar surface area (TPSA) is 42.2 Å². The summed E-state index contributed by atoms with van der Waals surface area (Å²) in [6, 6.07) is 2.38. The molecular formula is C13H20F3N3. The third-order valence-electron chi connectivity index (χ3n) is 3.11. The van der Waals surface area contributed by atoms with Crippen molar-refractivity contribution in [3.05, 3.63) is 23.4 Å². The molecule has 0 aliphatic rings. The second-order valence-electron chi connectivity index (χ2n) is 4.78. The van der Waals surface area contributed by atoms with Crippen molar-refractivity contribution in [3.8, 4) is 0 Å². The third kappa shape index (κ3) is 4.09. The minimum Gasteiger partial charge on any atom is -0.359 e. The smallest absolute Gasteiger partial charge is 0.359 e. The van der Waals surface area contributed by atoms with Gasteiger partial charge >= 0.3 is 6.18 Å². The van der Waals surface area contributed by atoms with E-state index in [1.54, 1.807) is 11.9 Å². The fraction of sp³-hybridized carbons (Fsp3) is 0.615. The lowest BCUT2D eigenvalue weighted by atomic mass is 10.1. The molecule has 0 aliphatic heterocycles. The van der Waals surface area contributed by atoms with Crippen LogP contribution in [0, 0.1) is 5.92 Å². The van der Waals surface area contributed by atoms with Crippen LogP contribution in [0.5, 0.6) is 0 Å². The minimum absolute atomic E-state index is 0.172. The van der Waals surface area contributed by atoms with Crippen molar-refractivity contribution in [1.29, 1.82) is 0 Å². The Balaban J connectivity index is 3.08. The summed E-state index contributed by atoms with van der Waals surface area (Å²) in [5.41, 5.74) is 5.31. The molecule has 0 fully saturated rings. The number of halogens is 3. The molecule has 0 aromatic carbocycles. The monoisotopic (exact) mass is 275 g/mol. The zero-order valence-electron chi connectivity index (χ0n) is 11.5. The summed E-state index contributed by atoms with van der Waals surface area (Å²) in [5, 5.41) is 0. The van der Waals surface area contributed by atoms with Gasteiger partial charge in [-0.2, -0.15) is 13.2 Å². The van der Waals surface area contributed by atoms with E-state index in [9.17, 15) is 13.2 Å². The zero-order valence-corrected chi connectivity index (χ0v) is 11.5. The van der Waals surface area contributed by atoms with Crippen LogP contribution in [0.25, 0.3) is 0 Å². The highest BCUT2D eigenvalue weighted by Gasteiger charge is 2.33. The lowest BCUT2D eigenvalue weighted by Gasteiger charge is -2.24. The Labute approximate surface area is 111 Å². The molecule has 0 aliphatic carbocycles. The molecule has 3 nitrogen and oxygen atoms in total. The van der Waals surface area contributed by atoms with Crippen LogP contribution in [-0.4, -0.2) is 18.6 Å². The van der Waals surface area contributed by atoms with Gasteiger partial charge in [-0.1, -0.05) is 26.3 Å². The molecule has 1 unspecified atom stereocenters. The largest absolute Gasteiger partial charge is 0.433 e. The first-order valence-electron chi connectivity index (χ1n) is 6.27. The van der Waals surface area contributed by atoms with Crippen LogP contribution in [0.1, 0.15) is 31.5 Å². The first kappa shape index (κ1) is 15.8. The van der Waals surface area contributed by atoms with Crippen molar-refractivity contribution in [2.45, 2.75) is 33.0 Å². The Hall–Kier alpha value is -1.30. The van der Waals surface area contributed by atoms with Crippen molar-refractivity contribution >= 4 is 5.82 Å². The molecule has 0 saturated heterocycles. The predicted octanol–water partition coefficient (Wildman–Crippen LogP) is 3.04. The Morgan fingerprint density at radius 2 is 2.00 bits per heavy atom. The fourth-order valence-electron chi connectivity index (χ4n) is 1.81. The van der Waals surface area contributed by atoms with Crippen LogP contribution in [0.15, 0.2) is 12.1 Å². The van der Waals surface area contributed by atoms with Crippen LogP contribution >= 0.6 is 0 Å². The van der Waals surface area contributed by atoms with E-state index in [0.29, 0.717) is 23.8 Å². The zero-order chi connectivity index (χ0) is 14.6. The van der Waals surface area contributed by atoms with Crippen molar-refractivity contribution < 1.29 is 13.2 Å². The van der Waals surface area contributed by atoms with Gasteiger partial charge in [0.1, 0.15) is 11.5 Å². The fourth-order valence-corrected chi connectivity index (χ4v) is 1.81. The highest BCUT2D eigenvalue weighted by Crippen LogP contribution is 2.30. The average Bonchev–Trinajstić information content (AvgIpc) is 2.36. The van der Waals surface area contributed by atoms with Gasteiger partial charge in [-0.05, 0) is 12.0 Å². The van der Waals surface area contributed by atoms with Crippen molar-refractivity contribution in [2.75, 3.05) is 18.5 Å². The molecule has 1 heterocycles. The maximum Gasteiger partial charge on any atom is 0.433 e. The van der Waals surface area contributed by atoms with Crippen LogP contribution in [0.3, 0.4) is 0 Å². The van der Waals surface area contributed by atoms with E-state index in [0.717, 1.165) is 12.5 Å². The van der Waals surface area contributed by atoms with Crippen molar-refractivity contribution in [1.82, 2.24) is 4.98 Å². The molecule has 0 spiro atoms. The van der Waals surface area contributed by atoms with Gasteiger partial charge in [-0.25, -0.2) is 4.98 Å².